The molecule has 0 aromatic carbocycles. The fourth-order valence-electron chi connectivity index (χ4n) is 1.80. The molecule has 2 N–H and O–H groups in total. The molecule has 0 spiro atoms. The molecule has 1 atom stereocenters. The number of rotatable bonds is 3. The molecule has 1 fully saturated rings. The SMILES string of the molecule is O=C1NCCCCC1NCc1cncnc1. The molecule has 0 aliphatic carbocycles. The summed E-state index contributed by atoms with van der Waals surface area (Å²) >= 11 is 0. The van der Waals surface area contributed by atoms with Crippen molar-refractivity contribution < 1.29 is 4.79 Å². The van der Waals surface area contributed by atoms with E-state index in [1.165, 1.54) is 6.33 Å². The van der Waals surface area contributed by atoms with Gasteiger partial charge in [0.05, 0.1) is 6.04 Å². The second-order valence-electron chi connectivity index (χ2n) is 3.97. The van der Waals surface area contributed by atoms with E-state index < -0.39 is 0 Å². The molecule has 1 aromatic rings. The summed E-state index contributed by atoms with van der Waals surface area (Å²) in [6, 6.07) is -0.0808. The number of carbonyl (C=O) groups is 1. The van der Waals surface area contributed by atoms with Gasteiger partial charge in [0.1, 0.15) is 6.33 Å². The van der Waals surface area contributed by atoms with E-state index in [0.29, 0.717) is 6.54 Å². The maximum absolute atomic E-state index is 11.6. The molecule has 5 nitrogen and oxygen atoms in total. The monoisotopic (exact) mass is 220 g/mol. The minimum absolute atomic E-state index is 0.0808. The Labute approximate surface area is 94.7 Å². The van der Waals surface area contributed by atoms with Crippen LogP contribution in [0.15, 0.2) is 18.7 Å². The highest BCUT2D eigenvalue weighted by atomic mass is 16.2. The highest BCUT2D eigenvalue weighted by molar-refractivity contribution is 5.81. The predicted molar refractivity (Wildman–Crippen MR) is 59.5 cm³/mol. The van der Waals surface area contributed by atoms with Gasteiger partial charge in [-0.3, -0.25) is 4.79 Å². The van der Waals surface area contributed by atoms with E-state index in [0.717, 1.165) is 31.4 Å². The van der Waals surface area contributed by atoms with Crippen molar-refractivity contribution in [2.75, 3.05) is 6.54 Å². The van der Waals surface area contributed by atoms with Crippen molar-refractivity contribution in [2.45, 2.75) is 31.8 Å². The fraction of sp³-hybridized carbons (Fsp3) is 0.545. The van der Waals surface area contributed by atoms with Crippen LogP contribution in [-0.2, 0) is 11.3 Å². The second kappa shape index (κ2) is 5.55. The summed E-state index contributed by atoms with van der Waals surface area (Å²) < 4.78 is 0. The number of nitrogens with one attached hydrogen (secondary N) is 2. The third kappa shape index (κ3) is 3.00. The number of nitrogens with zero attached hydrogens (tertiary/aromatic N) is 2. The van der Waals surface area contributed by atoms with Crippen molar-refractivity contribution in [3.05, 3.63) is 24.3 Å². The van der Waals surface area contributed by atoms with E-state index in [1.807, 2.05) is 0 Å². The Balaban J connectivity index is 1.86. The van der Waals surface area contributed by atoms with E-state index in [2.05, 4.69) is 20.6 Å². The van der Waals surface area contributed by atoms with E-state index in [4.69, 9.17) is 0 Å². The minimum Gasteiger partial charge on any atom is -0.355 e. The quantitative estimate of drug-likeness (QED) is 0.765. The van der Waals surface area contributed by atoms with Gasteiger partial charge in [0.15, 0.2) is 0 Å². The number of amides is 1. The van der Waals surface area contributed by atoms with Crippen LogP contribution in [0.2, 0.25) is 0 Å². The number of carbonyl (C=O) groups excluding carboxylic acids is 1. The Morgan fingerprint density at radius 3 is 3.00 bits per heavy atom. The largest absolute Gasteiger partial charge is 0.355 e. The first-order chi connectivity index (χ1) is 7.86. The Bertz CT molecular complexity index is 341. The van der Waals surface area contributed by atoms with Crippen molar-refractivity contribution in [3.63, 3.8) is 0 Å². The van der Waals surface area contributed by atoms with Gasteiger partial charge in [-0.05, 0) is 19.3 Å². The van der Waals surface area contributed by atoms with E-state index in [9.17, 15) is 4.79 Å². The Hall–Kier alpha value is -1.49. The first kappa shape index (κ1) is 11.0. The summed E-state index contributed by atoms with van der Waals surface area (Å²) in [4.78, 5) is 19.5. The Morgan fingerprint density at radius 2 is 2.19 bits per heavy atom. The van der Waals surface area contributed by atoms with Gasteiger partial charge >= 0.3 is 0 Å². The molecule has 16 heavy (non-hydrogen) atoms. The summed E-state index contributed by atoms with van der Waals surface area (Å²) in [5.74, 6) is 0.106. The molecule has 1 aliphatic rings. The van der Waals surface area contributed by atoms with E-state index in [-0.39, 0.29) is 11.9 Å². The lowest BCUT2D eigenvalue weighted by atomic mass is 10.1. The molecular formula is C11H16N4O. The van der Waals surface area contributed by atoms with E-state index >= 15 is 0 Å². The highest BCUT2D eigenvalue weighted by Crippen LogP contribution is 2.06. The van der Waals surface area contributed by atoms with Crippen molar-refractivity contribution in [1.29, 1.82) is 0 Å². The zero-order chi connectivity index (χ0) is 11.2. The van der Waals surface area contributed by atoms with Crippen LogP contribution < -0.4 is 10.6 Å². The molecule has 0 saturated carbocycles. The average Bonchev–Trinajstić information content (AvgIpc) is 2.53. The standard InChI is InChI=1S/C11H16N4O/c16-11-10(3-1-2-4-14-11)15-7-9-5-12-8-13-6-9/h5-6,8,10,15H,1-4,7H2,(H,14,16). The fourth-order valence-corrected chi connectivity index (χ4v) is 1.80. The minimum atomic E-state index is -0.0808. The average molecular weight is 220 g/mol. The summed E-state index contributed by atoms with van der Waals surface area (Å²) in [6.45, 7) is 1.43. The Kier molecular flexibility index (Phi) is 3.82. The van der Waals surface area contributed by atoms with Crippen LogP contribution in [0.3, 0.4) is 0 Å². The molecule has 1 unspecified atom stereocenters. The van der Waals surface area contributed by atoms with Gasteiger partial charge in [0, 0.05) is 31.0 Å². The molecular weight excluding hydrogens is 204 g/mol. The lowest BCUT2D eigenvalue weighted by Gasteiger charge is -2.14. The van der Waals surface area contributed by atoms with Crippen LogP contribution in [-0.4, -0.2) is 28.5 Å². The van der Waals surface area contributed by atoms with Crippen LogP contribution in [0.5, 0.6) is 0 Å². The van der Waals surface area contributed by atoms with Crippen LogP contribution in [0.1, 0.15) is 24.8 Å². The van der Waals surface area contributed by atoms with Gasteiger partial charge in [-0.25, -0.2) is 9.97 Å². The number of hydrogen-bond donors (Lipinski definition) is 2. The summed E-state index contributed by atoms with van der Waals surface area (Å²) in [5, 5.41) is 6.13. The zero-order valence-corrected chi connectivity index (χ0v) is 9.15. The molecule has 86 valence electrons. The van der Waals surface area contributed by atoms with E-state index in [1.54, 1.807) is 12.4 Å². The summed E-state index contributed by atoms with van der Waals surface area (Å²) in [7, 11) is 0. The van der Waals surface area contributed by atoms with Gasteiger partial charge < -0.3 is 10.6 Å². The van der Waals surface area contributed by atoms with Gasteiger partial charge in [0.25, 0.3) is 0 Å². The summed E-state index contributed by atoms with van der Waals surface area (Å²) in [5.41, 5.74) is 1.000. The van der Waals surface area contributed by atoms with Gasteiger partial charge in [-0.1, -0.05) is 0 Å². The second-order valence-corrected chi connectivity index (χ2v) is 3.97. The molecule has 2 heterocycles. The molecule has 1 saturated heterocycles. The molecule has 1 aliphatic heterocycles. The van der Waals surface area contributed by atoms with Crippen LogP contribution in [0, 0.1) is 0 Å². The lowest BCUT2D eigenvalue weighted by molar-refractivity contribution is -0.122. The number of aromatic nitrogens is 2. The lowest BCUT2D eigenvalue weighted by Crippen LogP contribution is -2.42. The maximum Gasteiger partial charge on any atom is 0.237 e. The smallest absolute Gasteiger partial charge is 0.237 e. The molecule has 1 aromatic heterocycles. The number of hydrogen-bond acceptors (Lipinski definition) is 4. The topological polar surface area (TPSA) is 66.9 Å². The van der Waals surface area contributed by atoms with Crippen molar-refractivity contribution >= 4 is 5.91 Å². The van der Waals surface area contributed by atoms with Gasteiger partial charge in [-0.2, -0.15) is 0 Å². The molecule has 0 radical (unpaired) electrons. The Morgan fingerprint density at radius 1 is 1.38 bits per heavy atom. The molecule has 0 bridgehead atoms. The van der Waals surface area contributed by atoms with Crippen LogP contribution >= 0.6 is 0 Å². The van der Waals surface area contributed by atoms with Crippen molar-refractivity contribution in [3.8, 4) is 0 Å². The molecule has 1 amide bonds. The zero-order valence-electron chi connectivity index (χ0n) is 9.15. The molecule has 2 rings (SSSR count). The summed E-state index contributed by atoms with van der Waals surface area (Å²) in [6.07, 6.45) is 8.07. The normalized spacial score (nSPS) is 21.2. The van der Waals surface area contributed by atoms with Crippen LogP contribution in [0.25, 0.3) is 0 Å². The van der Waals surface area contributed by atoms with Gasteiger partial charge in [-0.15, -0.1) is 0 Å². The van der Waals surface area contributed by atoms with Crippen LogP contribution in [0.4, 0.5) is 0 Å². The van der Waals surface area contributed by atoms with Gasteiger partial charge in [0.2, 0.25) is 5.91 Å². The highest BCUT2D eigenvalue weighted by Gasteiger charge is 2.19. The first-order valence-corrected chi connectivity index (χ1v) is 5.61. The first-order valence-electron chi connectivity index (χ1n) is 5.61. The third-order valence-electron chi connectivity index (χ3n) is 2.70. The maximum atomic E-state index is 11.6. The predicted octanol–water partition coefficient (Wildman–Crippen LogP) is 0.235. The van der Waals surface area contributed by atoms with Crippen molar-refractivity contribution in [2.24, 2.45) is 0 Å². The third-order valence-corrected chi connectivity index (χ3v) is 2.70. The van der Waals surface area contributed by atoms with Crippen molar-refractivity contribution in [1.82, 2.24) is 20.6 Å². The molecule has 5 heteroatoms.